The van der Waals surface area contributed by atoms with Gasteiger partial charge in [0.1, 0.15) is 5.75 Å². The van der Waals surface area contributed by atoms with Crippen molar-refractivity contribution in [1.29, 1.82) is 0 Å². The van der Waals surface area contributed by atoms with E-state index >= 15 is 0 Å². The lowest BCUT2D eigenvalue weighted by atomic mass is 9.74. The molecule has 1 aromatic carbocycles. The number of likely N-dealkylation sites (tertiary alicyclic amines) is 1. The van der Waals surface area contributed by atoms with Gasteiger partial charge in [-0.05, 0) is 50.3 Å². The van der Waals surface area contributed by atoms with E-state index < -0.39 is 11.4 Å². The minimum absolute atomic E-state index is 0.0387. The van der Waals surface area contributed by atoms with Crippen molar-refractivity contribution in [3.05, 3.63) is 29.3 Å². The standard InChI is InChI=1S/C21H29NO5/c1-15-6-7-16(2)18(11-15)27-9-4-3-5-19(23)22-12-17-13-26-10-8-21(17,14-22)20(24)25/h6-7,11,17H,3-5,8-10,12-14H2,1-2H3,(H,24,25)/t17-,21+/m0/s1. The summed E-state index contributed by atoms with van der Waals surface area (Å²) in [5, 5.41) is 9.68. The molecule has 3 rings (SSSR count). The fourth-order valence-electron chi connectivity index (χ4n) is 4.07. The summed E-state index contributed by atoms with van der Waals surface area (Å²) in [7, 11) is 0. The van der Waals surface area contributed by atoms with Crippen molar-refractivity contribution in [3.63, 3.8) is 0 Å². The lowest BCUT2D eigenvalue weighted by Gasteiger charge is -2.33. The summed E-state index contributed by atoms with van der Waals surface area (Å²) in [5.74, 6) is 0.0402. The predicted molar refractivity (Wildman–Crippen MR) is 101 cm³/mol. The number of aliphatic carboxylic acids is 1. The molecule has 148 valence electrons. The fraction of sp³-hybridized carbons (Fsp3) is 0.619. The zero-order chi connectivity index (χ0) is 19.4. The molecule has 0 spiro atoms. The van der Waals surface area contributed by atoms with E-state index in [0.717, 1.165) is 29.7 Å². The molecule has 6 heteroatoms. The highest BCUT2D eigenvalue weighted by atomic mass is 16.5. The maximum Gasteiger partial charge on any atom is 0.311 e. The number of nitrogens with zero attached hydrogens (tertiary/aromatic N) is 1. The van der Waals surface area contributed by atoms with Crippen LogP contribution in [0.4, 0.5) is 0 Å². The Morgan fingerprint density at radius 3 is 2.89 bits per heavy atom. The molecule has 2 heterocycles. The molecule has 0 bridgehead atoms. The summed E-state index contributed by atoms with van der Waals surface area (Å²) in [6.07, 6.45) is 2.45. The molecule has 1 N–H and O–H groups in total. The molecule has 2 saturated heterocycles. The van der Waals surface area contributed by atoms with E-state index in [1.54, 1.807) is 4.90 Å². The third-order valence-corrected chi connectivity index (χ3v) is 5.87. The molecule has 0 radical (unpaired) electrons. The Balaban J connectivity index is 1.43. The Morgan fingerprint density at radius 2 is 2.15 bits per heavy atom. The zero-order valence-electron chi connectivity index (χ0n) is 16.2. The summed E-state index contributed by atoms with van der Waals surface area (Å²) in [6.45, 7) is 6.33. The number of ether oxygens (including phenoxy) is 2. The average Bonchev–Trinajstić information content (AvgIpc) is 3.05. The van der Waals surface area contributed by atoms with Gasteiger partial charge in [-0.15, -0.1) is 0 Å². The van der Waals surface area contributed by atoms with Gasteiger partial charge in [-0.3, -0.25) is 9.59 Å². The number of benzene rings is 1. The third kappa shape index (κ3) is 4.26. The summed E-state index contributed by atoms with van der Waals surface area (Å²) in [5.41, 5.74) is 1.45. The van der Waals surface area contributed by atoms with Crippen LogP contribution in [-0.2, 0) is 14.3 Å². The molecule has 0 unspecified atom stereocenters. The minimum atomic E-state index is -0.820. The first-order valence-corrected chi connectivity index (χ1v) is 9.71. The number of unbranched alkanes of at least 4 members (excludes halogenated alkanes) is 1. The number of fused-ring (bicyclic) bond motifs is 1. The van der Waals surface area contributed by atoms with Crippen LogP contribution in [0.1, 0.15) is 36.8 Å². The molecule has 2 atom stereocenters. The largest absolute Gasteiger partial charge is 0.493 e. The zero-order valence-corrected chi connectivity index (χ0v) is 16.2. The van der Waals surface area contributed by atoms with Gasteiger partial charge >= 0.3 is 5.97 Å². The quantitative estimate of drug-likeness (QED) is 0.742. The van der Waals surface area contributed by atoms with E-state index in [1.165, 1.54) is 0 Å². The molecule has 6 nitrogen and oxygen atoms in total. The highest BCUT2D eigenvalue weighted by Gasteiger charge is 2.54. The normalized spacial score (nSPS) is 24.5. The van der Waals surface area contributed by atoms with Crippen LogP contribution in [-0.4, -0.2) is 54.8 Å². The van der Waals surface area contributed by atoms with Crippen LogP contribution in [0.2, 0.25) is 0 Å². The number of hydrogen-bond acceptors (Lipinski definition) is 4. The number of carboxylic acids is 1. The third-order valence-electron chi connectivity index (χ3n) is 5.87. The number of carboxylic acid groups (broad SMARTS) is 1. The van der Waals surface area contributed by atoms with Crippen LogP contribution in [0.25, 0.3) is 0 Å². The topological polar surface area (TPSA) is 76.1 Å². The van der Waals surface area contributed by atoms with Crippen molar-refractivity contribution in [1.82, 2.24) is 4.90 Å². The smallest absolute Gasteiger partial charge is 0.311 e. The molecular formula is C21H29NO5. The van der Waals surface area contributed by atoms with E-state index in [2.05, 4.69) is 6.07 Å². The van der Waals surface area contributed by atoms with Crippen LogP contribution < -0.4 is 4.74 Å². The maximum atomic E-state index is 12.5. The van der Waals surface area contributed by atoms with Gasteiger partial charge in [-0.25, -0.2) is 0 Å². The van der Waals surface area contributed by atoms with Crippen LogP contribution in [0.5, 0.6) is 5.75 Å². The highest BCUT2D eigenvalue weighted by molar-refractivity contribution is 5.81. The summed E-state index contributed by atoms with van der Waals surface area (Å²) >= 11 is 0. The lowest BCUT2D eigenvalue weighted by Crippen LogP contribution is -2.45. The van der Waals surface area contributed by atoms with E-state index in [4.69, 9.17) is 9.47 Å². The number of hydrogen-bond donors (Lipinski definition) is 1. The first-order chi connectivity index (χ1) is 12.9. The van der Waals surface area contributed by atoms with Gasteiger partial charge in [0.15, 0.2) is 0 Å². The molecular weight excluding hydrogens is 346 g/mol. The molecule has 2 fully saturated rings. The number of carbonyl (C=O) groups excluding carboxylic acids is 1. The molecule has 0 aliphatic carbocycles. The van der Waals surface area contributed by atoms with E-state index in [-0.39, 0.29) is 11.8 Å². The second-order valence-corrected chi connectivity index (χ2v) is 7.83. The first kappa shape index (κ1) is 19.7. The Kier molecular flexibility index (Phi) is 6.05. The molecule has 0 aromatic heterocycles. The highest BCUT2D eigenvalue weighted by Crippen LogP contribution is 2.42. The summed E-state index contributed by atoms with van der Waals surface area (Å²) < 4.78 is 11.3. The van der Waals surface area contributed by atoms with Gasteiger partial charge in [0.05, 0.1) is 18.6 Å². The second-order valence-electron chi connectivity index (χ2n) is 7.83. The number of aryl methyl sites for hydroxylation is 2. The van der Waals surface area contributed by atoms with Gasteiger partial charge in [0, 0.05) is 32.0 Å². The van der Waals surface area contributed by atoms with Gasteiger partial charge in [0.25, 0.3) is 0 Å². The Labute approximate surface area is 160 Å². The van der Waals surface area contributed by atoms with Crippen molar-refractivity contribution in [2.45, 2.75) is 39.5 Å². The van der Waals surface area contributed by atoms with Gasteiger partial charge in [-0.2, -0.15) is 0 Å². The van der Waals surface area contributed by atoms with Crippen LogP contribution in [0.3, 0.4) is 0 Å². The number of rotatable bonds is 7. The first-order valence-electron chi connectivity index (χ1n) is 9.71. The predicted octanol–water partition coefficient (Wildman–Crippen LogP) is 2.80. The van der Waals surface area contributed by atoms with Crippen molar-refractivity contribution in [2.24, 2.45) is 11.3 Å². The lowest BCUT2D eigenvalue weighted by molar-refractivity contribution is -0.157. The van der Waals surface area contributed by atoms with Crippen molar-refractivity contribution in [3.8, 4) is 5.75 Å². The fourth-order valence-corrected chi connectivity index (χ4v) is 4.07. The van der Waals surface area contributed by atoms with Crippen molar-refractivity contribution >= 4 is 11.9 Å². The van der Waals surface area contributed by atoms with Gasteiger partial charge < -0.3 is 19.5 Å². The Morgan fingerprint density at radius 1 is 1.33 bits per heavy atom. The van der Waals surface area contributed by atoms with E-state index in [1.807, 2.05) is 26.0 Å². The monoisotopic (exact) mass is 375 g/mol. The van der Waals surface area contributed by atoms with Gasteiger partial charge in [0.2, 0.25) is 5.91 Å². The molecule has 1 amide bonds. The van der Waals surface area contributed by atoms with E-state index in [0.29, 0.717) is 45.8 Å². The minimum Gasteiger partial charge on any atom is -0.493 e. The van der Waals surface area contributed by atoms with Crippen molar-refractivity contribution < 1.29 is 24.2 Å². The Bertz CT molecular complexity index is 704. The summed E-state index contributed by atoms with van der Waals surface area (Å²) in [6, 6.07) is 6.13. The molecule has 0 saturated carbocycles. The average molecular weight is 375 g/mol. The second kappa shape index (κ2) is 8.30. The number of carbonyl (C=O) groups is 2. The van der Waals surface area contributed by atoms with Crippen molar-refractivity contribution in [2.75, 3.05) is 32.9 Å². The number of amides is 1. The van der Waals surface area contributed by atoms with Gasteiger partial charge in [-0.1, -0.05) is 12.1 Å². The van der Waals surface area contributed by atoms with E-state index in [9.17, 15) is 14.7 Å². The molecule has 2 aliphatic rings. The molecule has 27 heavy (non-hydrogen) atoms. The van der Waals surface area contributed by atoms with Crippen LogP contribution in [0, 0.1) is 25.2 Å². The molecule has 1 aromatic rings. The summed E-state index contributed by atoms with van der Waals surface area (Å²) in [4.78, 5) is 26.1. The molecule has 2 aliphatic heterocycles. The SMILES string of the molecule is Cc1ccc(C)c(OCCCCC(=O)N2C[C@H]3COCC[C@@]3(C(=O)O)C2)c1. The Hall–Kier alpha value is -2.08. The van der Waals surface area contributed by atoms with Crippen LogP contribution in [0.15, 0.2) is 18.2 Å². The van der Waals surface area contributed by atoms with Crippen LogP contribution >= 0.6 is 0 Å². The maximum absolute atomic E-state index is 12.5.